The van der Waals surface area contributed by atoms with E-state index in [9.17, 15) is 5.11 Å². The van der Waals surface area contributed by atoms with Crippen LogP contribution in [0.2, 0.25) is 10.0 Å². The molecule has 18 heavy (non-hydrogen) atoms. The van der Waals surface area contributed by atoms with Crippen LogP contribution in [0.5, 0.6) is 5.75 Å². The summed E-state index contributed by atoms with van der Waals surface area (Å²) in [4.78, 5) is 8.78. The van der Waals surface area contributed by atoms with Gasteiger partial charge in [0, 0.05) is 4.47 Å². The molecule has 0 radical (unpaired) electrons. The first-order chi connectivity index (χ1) is 8.56. The van der Waals surface area contributed by atoms with Crippen LogP contribution in [0, 0.1) is 0 Å². The van der Waals surface area contributed by atoms with Crippen LogP contribution in [0.25, 0.3) is 22.1 Å². The molecule has 90 valence electrons. The van der Waals surface area contributed by atoms with E-state index in [1.165, 1.54) is 0 Å². The van der Waals surface area contributed by atoms with E-state index >= 15 is 0 Å². The Morgan fingerprint density at radius 2 is 1.50 bits per heavy atom. The fourth-order valence-electron chi connectivity index (χ4n) is 1.71. The second-order valence-corrected chi connectivity index (χ2v) is 5.41. The van der Waals surface area contributed by atoms with Gasteiger partial charge in [0.15, 0.2) is 0 Å². The van der Waals surface area contributed by atoms with Gasteiger partial charge in [-0.15, -0.1) is 0 Å². The standard InChI is InChI=1S/C12H5BrCl2N2O/c13-5-1-2-10(18)12-11(5)16-8-3-6(14)7(15)4-9(8)17-12/h1-4,18H. The molecule has 1 heterocycles. The number of phenols is 1. The molecule has 2 aromatic carbocycles. The van der Waals surface area contributed by atoms with Crippen molar-refractivity contribution in [1.29, 1.82) is 0 Å². The third-order valence-corrected chi connectivity index (χ3v) is 3.92. The molecule has 0 unspecified atom stereocenters. The van der Waals surface area contributed by atoms with E-state index in [2.05, 4.69) is 25.9 Å². The number of phenolic OH excluding ortho intramolecular Hbond substituents is 1. The Kier molecular flexibility index (Phi) is 2.81. The fourth-order valence-corrected chi connectivity index (χ4v) is 2.43. The number of rotatable bonds is 0. The Labute approximate surface area is 121 Å². The minimum Gasteiger partial charge on any atom is -0.506 e. The predicted molar refractivity (Wildman–Crippen MR) is 76.4 cm³/mol. The zero-order chi connectivity index (χ0) is 12.9. The number of hydrogen-bond donors (Lipinski definition) is 1. The molecule has 0 aliphatic rings. The molecule has 3 aromatic rings. The first-order valence-electron chi connectivity index (χ1n) is 5.00. The van der Waals surface area contributed by atoms with Crippen LogP contribution >= 0.6 is 39.1 Å². The number of hydrogen-bond acceptors (Lipinski definition) is 3. The van der Waals surface area contributed by atoms with Gasteiger partial charge in [-0.2, -0.15) is 0 Å². The van der Waals surface area contributed by atoms with Gasteiger partial charge in [0.05, 0.1) is 21.1 Å². The Hall–Kier alpha value is -1.10. The number of aromatic hydroxyl groups is 1. The minimum absolute atomic E-state index is 0.0775. The van der Waals surface area contributed by atoms with Crippen LogP contribution in [0.1, 0.15) is 0 Å². The van der Waals surface area contributed by atoms with Crippen LogP contribution < -0.4 is 0 Å². The molecule has 0 atom stereocenters. The van der Waals surface area contributed by atoms with Gasteiger partial charge in [-0.25, -0.2) is 9.97 Å². The van der Waals surface area contributed by atoms with Gasteiger partial charge < -0.3 is 5.11 Å². The van der Waals surface area contributed by atoms with Gasteiger partial charge in [-0.1, -0.05) is 23.2 Å². The maximum absolute atomic E-state index is 9.80. The van der Waals surface area contributed by atoms with E-state index in [0.717, 1.165) is 4.47 Å². The van der Waals surface area contributed by atoms with Crippen LogP contribution in [-0.2, 0) is 0 Å². The molecule has 0 saturated carbocycles. The van der Waals surface area contributed by atoms with Crippen molar-refractivity contribution >= 4 is 61.2 Å². The first-order valence-corrected chi connectivity index (χ1v) is 6.55. The molecule has 0 saturated heterocycles. The van der Waals surface area contributed by atoms with Gasteiger partial charge in [0.25, 0.3) is 0 Å². The minimum atomic E-state index is 0.0775. The number of nitrogens with zero attached hydrogens (tertiary/aromatic N) is 2. The topological polar surface area (TPSA) is 46.0 Å². The molecule has 6 heteroatoms. The van der Waals surface area contributed by atoms with E-state index in [-0.39, 0.29) is 5.75 Å². The lowest BCUT2D eigenvalue weighted by Crippen LogP contribution is -1.89. The molecular formula is C12H5BrCl2N2O. The highest BCUT2D eigenvalue weighted by Gasteiger charge is 2.10. The molecule has 0 bridgehead atoms. The lowest BCUT2D eigenvalue weighted by atomic mass is 10.2. The van der Waals surface area contributed by atoms with Crippen LogP contribution in [0.15, 0.2) is 28.7 Å². The summed E-state index contributed by atoms with van der Waals surface area (Å²) in [6.45, 7) is 0. The molecule has 1 aromatic heterocycles. The van der Waals surface area contributed by atoms with Crippen molar-refractivity contribution in [2.24, 2.45) is 0 Å². The van der Waals surface area contributed by atoms with Crippen LogP contribution in [0.4, 0.5) is 0 Å². The highest BCUT2D eigenvalue weighted by Crippen LogP contribution is 2.32. The van der Waals surface area contributed by atoms with Crippen molar-refractivity contribution in [1.82, 2.24) is 9.97 Å². The van der Waals surface area contributed by atoms with E-state index in [1.54, 1.807) is 24.3 Å². The van der Waals surface area contributed by atoms with E-state index in [0.29, 0.717) is 32.1 Å². The lowest BCUT2D eigenvalue weighted by Gasteiger charge is -2.05. The van der Waals surface area contributed by atoms with E-state index in [4.69, 9.17) is 23.2 Å². The second-order valence-electron chi connectivity index (χ2n) is 3.74. The monoisotopic (exact) mass is 342 g/mol. The summed E-state index contributed by atoms with van der Waals surface area (Å²) in [6, 6.07) is 6.56. The Bertz CT molecular complexity index is 726. The normalized spacial score (nSPS) is 11.3. The highest BCUT2D eigenvalue weighted by molar-refractivity contribution is 9.10. The molecule has 1 N–H and O–H groups in total. The quantitative estimate of drug-likeness (QED) is 0.609. The zero-order valence-electron chi connectivity index (χ0n) is 8.78. The highest BCUT2D eigenvalue weighted by atomic mass is 79.9. The van der Waals surface area contributed by atoms with Crippen molar-refractivity contribution in [3.8, 4) is 5.75 Å². The summed E-state index contributed by atoms with van der Waals surface area (Å²) in [5, 5.41) is 10.6. The maximum Gasteiger partial charge on any atom is 0.143 e. The largest absolute Gasteiger partial charge is 0.506 e. The number of aromatic nitrogens is 2. The molecular weight excluding hydrogens is 339 g/mol. The van der Waals surface area contributed by atoms with Gasteiger partial charge in [-0.3, -0.25) is 0 Å². The van der Waals surface area contributed by atoms with Crippen molar-refractivity contribution < 1.29 is 5.11 Å². The van der Waals surface area contributed by atoms with Crippen molar-refractivity contribution in [2.75, 3.05) is 0 Å². The summed E-state index contributed by atoms with van der Waals surface area (Å²) >= 11 is 15.3. The van der Waals surface area contributed by atoms with Crippen molar-refractivity contribution in [3.63, 3.8) is 0 Å². The number of halogens is 3. The average molecular weight is 344 g/mol. The average Bonchev–Trinajstić information content (AvgIpc) is 2.34. The SMILES string of the molecule is Oc1ccc(Br)c2nc3cc(Cl)c(Cl)cc3nc12. The van der Waals surface area contributed by atoms with Gasteiger partial charge in [0.1, 0.15) is 16.8 Å². The number of fused-ring (bicyclic) bond motifs is 2. The summed E-state index contributed by atoms with van der Waals surface area (Å²) < 4.78 is 0.760. The summed E-state index contributed by atoms with van der Waals surface area (Å²) in [5.74, 6) is 0.0775. The zero-order valence-corrected chi connectivity index (χ0v) is 11.9. The van der Waals surface area contributed by atoms with E-state index < -0.39 is 0 Å². The van der Waals surface area contributed by atoms with Crippen molar-refractivity contribution in [3.05, 3.63) is 38.8 Å². The molecule has 0 amide bonds. The van der Waals surface area contributed by atoms with E-state index in [1.807, 2.05) is 0 Å². The van der Waals surface area contributed by atoms with Gasteiger partial charge in [-0.05, 0) is 40.2 Å². The van der Waals surface area contributed by atoms with Gasteiger partial charge in [0.2, 0.25) is 0 Å². The molecule has 0 aliphatic carbocycles. The molecule has 3 nitrogen and oxygen atoms in total. The third kappa shape index (κ3) is 1.81. The third-order valence-electron chi connectivity index (χ3n) is 2.56. The smallest absolute Gasteiger partial charge is 0.143 e. The summed E-state index contributed by atoms with van der Waals surface area (Å²) in [7, 11) is 0. The van der Waals surface area contributed by atoms with Crippen LogP contribution in [-0.4, -0.2) is 15.1 Å². The Morgan fingerprint density at radius 3 is 2.11 bits per heavy atom. The fraction of sp³-hybridized carbons (Fsp3) is 0. The Balaban J connectivity index is 2.51. The van der Waals surface area contributed by atoms with Crippen molar-refractivity contribution in [2.45, 2.75) is 0 Å². The number of benzene rings is 2. The summed E-state index contributed by atoms with van der Waals surface area (Å²) in [6.07, 6.45) is 0. The van der Waals surface area contributed by atoms with Gasteiger partial charge >= 0.3 is 0 Å². The molecule has 0 spiro atoms. The first kappa shape index (κ1) is 12.0. The summed E-state index contributed by atoms with van der Waals surface area (Å²) in [5.41, 5.74) is 2.23. The molecule has 0 aliphatic heterocycles. The predicted octanol–water partition coefficient (Wildman–Crippen LogP) is 4.56. The van der Waals surface area contributed by atoms with Crippen LogP contribution in [0.3, 0.4) is 0 Å². The molecule has 0 fully saturated rings. The molecule has 3 rings (SSSR count). The Morgan fingerprint density at radius 1 is 0.944 bits per heavy atom. The lowest BCUT2D eigenvalue weighted by molar-refractivity contribution is 0.480. The maximum atomic E-state index is 9.80. The second kappa shape index (κ2) is 4.23.